The Morgan fingerprint density at radius 3 is 2.68 bits per heavy atom. The number of hydrogen-bond donors (Lipinski definition) is 0. The number of benzene rings is 1. The fourth-order valence-corrected chi connectivity index (χ4v) is 4.51. The third-order valence-corrected chi connectivity index (χ3v) is 6.24. The zero-order valence-electron chi connectivity index (χ0n) is 16.1. The van der Waals surface area contributed by atoms with Crippen molar-refractivity contribution in [3.63, 3.8) is 0 Å². The number of aromatic nitrogens is 4. The van der Waals surface area contributed by atoms with Crippen LogP contribution in [0.25, 0.3) is 0 Å². The third-order valence-electron chi connectivity index (χ3n) is 5.00. The molecule has 1 saturated heterocycles. The van der Waals surface area contributed by atoms with E-state index >= 15 is 0 Å². The van der Waals surface area contributed by atoms with Crippen LogP contribution in [-0.2, 0) is 19.5 Å². The molecule has 1 aromatic carbocycles. The first-order chi connectivity index (χ1) is 13.7. The molecule has 0 atom stereocenters. The Morgan fingerprint density at radius 1 is 1.04 bits per heavy atom. The predicted octanol–water partition coefficient (Wildman–Crippen LogP) is 3.71. The summed E-state index contributed by atoms with van der Waals surface area (Å²) in [7, 11) is 0. The van der Waals surface area contributed by atoms with Gasteiger partial charge in [0.05, 0.1) is 6.20 Å². The molecule has 4 rings (SSSR count). The molecule has 0 spiro atoms. The SMILES string of the molecule is CCn1cc(CN2CCCN(c3nnc(Cc4ccc(Cl)cc4)s3)CC2)cn1. The molecular formula is C20H25ClN6S. The number of hydrogen-bond acceptors (Lipinski definition) is 6. The van der Waals surface area contributed by atoms with Crippen molar-refractivity contribution in [2.24, 2.45) is 0 Å². The van der Waals surface area contributed by atoms with Gasteiger partial charge in [-0.2, -0.15) is 5.10 Å². The molecule has 1 aliphatic rings. The van der Waals surface area contributed by atoms with E-state index in [2.05, 4.69) is 38.2 Å². The van der Waals surface area contributed by atoms with Crippen LogP contribution in [0, 0.1) is 0 Å². The van der Waals surface area contributed by atoms with E-state index in [4.69, 9.17) is 11.6 Å². The van der Waals surface area contributed by atoms with Gasteiger partial charge in [-0.15, -0.1) is 10.2 Å². The molecule has 0 radical (unpaired) electrons. The summed E-state index contributed by atoms with van der Waals surface area (Å²) in [5.41, 5.74) is 2.50. The number of nitrogens with zero attached hydrogens (tertiary/aromatic N) is 6. The molecule has 148 valence electrons. The van der Waals surface area contributed by atoms with Gasteiger partial charge in [-0.1, -0.05) is 35.1 Å². The van der Waals surface area contributed by atoms with Crippen molar-refractivity contribution < 1.29 is 0 Å². The van der Waals surface area contributed by atoms with Crippen LogP contribution in [0.1, 0.15) is 29.5 Å². The van der Waals surface area contributed by atoms with Crippen molar-refractivity contribution in [2.45, 2.75) is 32.9 Å². The van der Waals surface area contributed by atoms with Crippen LogP contribution in [0.2, 0.25) is 5.02 Å². The molecular weight excluding hydrogens is 392 g/mol. The molecule has 6 nitrogen and oxygen atoms in total. The van der Waals surface area contributed by atoms with Crippen molar-refractivity contribution in [3.05, 3.63) is 57.8 Å². The smallest absolute Gasteiger partial charge is 0.208 e. The monoisotopic (exact) mass is 416 g/mol. The van der Waals surface area contributed by atoms with E-state index in [1.54, 1.807) is 11.3 Å². The van der Waals surface area contributed by atoms with Crippen molar-refractivity contribution in [1.29, 1.82) is 0 Å². The van der Waals surface area contributed by atoms with Crippen LogP contribution < -0.4 is 4.90 Å². The van der Waals surface area contributed by atoms with E-state index in [0.717, 1.165) is 67.3 Å². The van der Waals surface area contributed by atoms with Crippen LogP contribution in [0.5, 0.6) is 0 Å². The van der Waals surface area contributed by atoms with Crippen molar-refractivity contribution >= 4 is 28.1 Å². The van der Waals surface area contributed by atoms with E-state index < -0.39 is 0 Å². The highest BCUT2D eigenvalue weighted by molar-refractivity contribution is 7.15. The van der Waals surface area contributed by atoms with Crippen LogP contribution in [0.15, 0.2) is 36.7 Å². The van der Waals surface area contributed by atoms with Gasteiger partial charge in [-0.05, 0) is 31.0 Å². The summed E-state index contributed by atoms with van der Waals surface area (Å²) in [4.78, 5) is 4.88. The molecule has 3 aromatic rings. The van der Waals surface area contributed by atoms with E-state index in [9.17, 15) is 0 Å². The molecule has 1 fully saturated rings. The van der Waals surface area contributed by atoms with Crippen molar-refractivity contribution in [3.8, 4) is 0 Å². The highest BCUT2D eigenvalue weighted by Crippen LogP contribution is 2.24. The van der Waals surface area contributed by atoms with Gasteiger partial charge in [0.25, 0.3) is 0 Å². The quantitative estimate of drug-likeness (QED) is 0.613. The summed E-state index contributed by atoms with van der Waals surface area (Å²) in [6.45, 7) is 8.14. The maximum Gasteiger partial charge on any atom is 0.208 e. The lowest BCUT2D eigenvalue weighted by molar-refractivity contribution is 0.285. The zero-order chi connectivity index (χ0) is 19.3. The lowest BCUT2D eigenvalue weighted by Crippen LogP contribution is -2.30. The molecule has 3 heterocycles. The minimum absolute atomic E-state index is 0.762. The lowest BCUT2D eigenvalue weighted by atomic mass is 10.2. The van der Waals surface area contributed by atoms with E-state index in [1.807, 2.05) is 35.1 Å². The fraction of sp³-hybridized carbons (Fsp3) is 0.450. The Balaban J connectivity index is 1.34. The molecule has 0 aliphatic carbocycles. The minimum Gasteiger partial charge on any atom is -0.345 e. The number of aryl methyl sites for hydroxylation is 1. The third kappa shape index (κ3) is 4.90. The van der Waals surface area contributed by atoms with Gasteiger partial charge in [0.2, 0.25) is 5.13 Å². The summed E-state index contributed by atoms with van der Waals surface area (Å²) in [6, 6.07) is 7.95. The summed E-state index contributed by atoms with van der Waals surface area (Å²) in [5.74, 6) is 0. The topological polar surface area (TPSA) is 50.1 Å². The largest absolute Gasteiger partial charge is 0.345 e. The second-order valence-corrected chi connectivity index (χ2v) is 8.58. The predicted molar refractivity (Wildman–Crippen MR) is 114 cm³/mol. The van der Waals surface area contributed by atoms with Gasteiger partial charge < -0.3 is 4.90 Å². The number of anilines is 1. The molecule has 0 unspecified atom stereocenters. The second kappa shape index (κ2) is 9.03. The number of halogens is 1. The molecule has 0 saturated carbocycles. The van der Waals surface area contributed by atoms with E-state index in [-0.39, 0.29) is 0 Å². The number of rotatable bonds is 6. The van der Waals surface area contributed by atoms with Gasteiger partial charge in [0, 0.05) is 62.5 Å². The Labute approximate surface area is 174 Å². The van der Waals surface area contributed by atoms with Crippen LogP contribution in [-0.4, -0.2) is 51.1 Å². The first-order valence-electron chi connectivity index (χ1n) is 9.75. The molecule has 0 amide bonds. The average Bonchev–Trinajstić information content (AvgIpc) is 3.29. The van der Waals surface area contributed by atoms with Gasteiger partial charge in [0.15, 0.2) is 0 Å². The lowest BCUT2D eigenvalue weighted by Gasteiger charge is -2.20. The first kappa shape index (κ1) is 19.4. The van der Waals surface area contributed by atoms with Crippen LogP contribution in [0.4, 0.5) is 5.13 Å². The standard InChI is InChI=1S/C20H25ClN6S/c1-2-27-15-17(13-22-27)14-25-8-3-9-26(11-10-25)20-24-23-19(28-20)12-16-4-6-18(21)7-5-16/h4-7,13,15H,2-3,8-12,14H2,1H3. The summed E-state index contributed by atoms with van der Waals surface area (Å²) in [5, 5.41) is 16.1. The average molecular weight is 417 g/mol. The summed E-state index contributed by atoms with van der Waals surface area (Å²) >= 11 is 7.66. The van der Waals surface area contributed by atoms with Gasteiger partial charge in [-0.25, -0.2) is 0 Å². The molecule has 0 bridgehead atoms. The Bertz CT molecular complexity index is 890. The molecule has 2 aromatic heterocycles. The normalized spacial score (nSPS) is 15.7. The fourth-order valence-electron chi connectivity index (χ4n) is 3.46. The van der Waals surface area contributed by atoms with Crippen LogP contribution >= 0.6 is 22.9 Å². The van der Waals surface area contributed by atoms with Gasteiger partial charge in [0.1, 0.15) is 5.01 Å². The minimum atomic E-state index is 0.762. The molecule has 1 aliphatic heterocycles. The van der Waals surface area contributed by atoms with Gasteiger partial charge >= 0.3 is 0 Å². The first-order valence-corrected chi connectivity index (χ1v) is 10.9. The van der Waals surface area contributed by atoms with Crippen LogP contribution in [0.3, 0.4) is 0 Å². The van der Waals surface area contributed by atoms with Crippen molar-refractivity contribution in [2.75, 3.05) is 31.1 Å². The highest BCUT2D eigenvalue weighted by Gasteiger charge is 2.19. The molecule has 0 N–H and O–H groups in total. The highest BCUT2D eigenvalue weighted by atomic mass is 35.5. The summed E-state index contributed by atoms with van der Waals surface area (Å²) in [6.07, 6.45) is 6.07. The second-order valence-electron chi connectivity index (χ2n) is 7.10. The van der Waals surface area contributed by atoms with Gasteiger partial charge in [-0.3, -0.25) is 9.58 Å². The maximum absolute atomic E-state index is 5.97. The Morgan fingerprint density at radius 2 is 1.89 bits per heavy atom. The van der Waals surface area contributed by atoms with Crippen molar-refractivity contribution in [1.82, 2.24) is 24.9 Å². The van der Waals surface area contributed by atoms with E-state index in [0.29, 0.717) is 0 Å². The Kier molecular flexibility index (Phi) is 6.24. The molecule has 8 heteroatoms. The van der Waals surface area contributed by atoms with E-state index in [1.165, 1.54) is 11.1 Å². The summed E-state index contributed by atoms with van der Waals surface area (Å²) < 4.78 is 1.99. The zero-order valence-corrected chi connectivity index (χ0v) is 17.7. The molecule has 28 heavy (non-hydrogen) atoms. The maximum atomic E-state index is 5.97. The Hall–Kier alpha value is -1.96.